The normalized spacial score (nSPS) is 11.0. The van der Waals surface area contributed by atoms with E-state index in [-0.39, 0.29) is 0 Å². The first-order chi connectivity index (χ1) is 8.74. The van der Waals surface area contributed by atoms with Gasteiger partial charge in [-0.25, -0.2) is 9.50 Å². The first kappa shape index (κ1) is 10.8. The van der Waals surface area contributed by atoms with Gasteiger partial charge in [0.1, 0.15) is 5.82 Å². The van der Waals surface area contributed by atoms with Crippen molar-refractivity contribution in [2.24, 2.45) is 7.05 Å². The third-order valence-electron chi connectivity index (χ3n) is 3.05. The Balaban J connectivity index is 1.78. The molecule has 0 aliphatic carbocycles. The van der Waals surface area contributed by atoms with Crippen LogP contribution in [0.15, 0.2) is 30.7 Å². The predicted octanol–water partition coefficient (Wildman–Crippen LogP) is 1.38. The molecule has 6 nitrogen and oxygen atoms in total. The summed E-state index contributed by atoms with van der Waals surface area (Å²) in [7, 11) is 1.94. The van der Waals surface area contributed by atoms with Crippen LogP contribution in [0.3, 0.4) is 0 Å². The van der Waals surface area contributed by atoms with Gasteiger partial charge in [0, 0.05) is 37.1 Å². The lowest BCUT2D eigenvalue weighted by Crippen LogP contribution is -2.03. The van der Waals surface area contributed by atoms with Crippen LogP contribution in [0.25, 0.3) is 5.65 Å². The SMILES string of the molecule is Cc1c(CNc2ccn3nccc3n2)cnn1C. The standard InChI is InChI=1S/C12H14N6/c1-9-10(8-15-17(9)2)7-13-11-4-6-18-12(16-11)3-5-14-18/h3-6,8H,7H2,1-2H3,(H,13,16). The van der Waals surface area contributed by atoms with Crippen molar-refractivity contribution in [2.75, 3.05) is 5.32 Å². The van der Waals surface area contributed by atoms with E-state index in [0.717, 1.165) is 23.7 Å². The zero-order valence-electron chi connectivity index (χ0n) is 10.3. The van der Waals surface area contributed by atoms with Crippen LogP contribution in [0.4, 0.5) is 5.82 Å². The molecule has 0 saturated heterocycles. The summed E-state index contributed by atoms with van der Waals surface area (Å²) in [6, 6.07) is 3.78. The van der Waals surface area contributed by atoms with E-state index >= 15 is 0 Å². The molecule has 3 heterocycles. The summed E-state index contributed by atoms with van der Waals surface area (Å²) in [5, 5.41) is 11.6. The van der Waals surface area contributed by atoms with Gasteiger partial charge in [-0.3, -0.25) is 4.68 Å². The highest BCUT2D eigenvalue weighted by molar-refractivity contribution is 5.45. The summed E-state index contributed by atoms with van der Waals surface area (Å²) in [4.78, 5) is 4.45. The van der Waals surface area contributed by atoms with Crippen molar-refractivity contribution in [3.63, 3.8) is 0 Å². The molecule has 18 heavy (non-hydrogen) atoms. The second kappa shape index (κ2) is 4.14. The zero-order valence-corrected chi connectivity index (χ0v) is 10.3. The molecular formula is C12H14N6. The molecular weight excluding hydrogens is 228 g/mol. The van der Waals surface area contributed by atoms with E-state index in [1.54, 1.807) is 10.7 Å². The molecule has 0 unspecified atom stereocenters. The van der Waals surface area contributed by atoms with Crippen LogP contribution >= 0.6 is 0 Å². The van der Waals surface area contributed by atoms with E-state index in [4.69, 9.17) is 0 Å². The van der Waals surface area contributed by atoms with Crippen molar-refractivity contribution >= 4 is 11.5 Å². The number of rotatable bonds is 3. The molecule has 3 rings (SSSR count). The highest BCUT2D eigenvalue weighted by atomic mass is 15.3. The highest BCUT2D eigenvalue weighted by Gasteiger charge is 2.04. The molecule has 0 spiro atoms. The number of fused-ring (bicyclic) bond motifs is 1. The first-order valence-electron chi connectivity index (χ1n) is 5.76. The smallest absolute Gasteiger partial charge is 0.157 e. The quantitative estimate of drug-likeness (QED) is 0.754. The van der Waals surface area contributed by atoms with Crippen molar-refractivity contribution in [3.8, 4) is 0 Å². The molecule has 3 aromatic heterocycles. The molecule has 1 N–H and O–H groups in total. The minimum atomic E-state index is 0.719. The van der Waals surface area contributed by atoms with Crippen LogP contribution in [0.2, 0.25) is 0 Å². The highest BCUT2D eigenvalue weighted by Crippen LogP contribution is 2.10. The van der Waals surface area contributed by atoms with Crippen molar-refractivity contribution in [2.45, 2.75) is 13.5 Å². The third-order valence-corrected chi connectivity index (χ3v) is 3.05. The van der Waals surface area contributed by atoms with E-state index in [1.807, 2.05) is 36.3 Å². The molecule has 92 valence electrons. The average molecular weight is 242 g/mol. The van der Waals surface area contributed by atoms with Gasteiger partial charge >= 0.3 is 0 Å². The molecule has 0 aliphatic rings. The number of hydrogen-bond acceptors (Lipinski definition) is 4. The molecule has 0 atom stereocenters. The topological polar surface area (TPSA) is 60.0 Å². The Kier molecular flexibility index (Phi) is 2.47. The summed E-state index contributed by atoms with van der Waals surface area (Å²) < 4.78 is 3.60. The molecule has 0 aromatic carbocycles. The van der Waals surface area contributed by atoms with Gasteiger partial charge in [-0.15, -0.1) is 0 Å². The van der Waals surface area contributed by atoms with E-state index in [0.29, 0.717) is 0 Å². The third kappa shape index (κ3) is 1.81. The molecule has 0 aliphatic heterocycles. The molecule has 0 fully saturated rings. The van der Waals surface area contributed by atoms with Crippen molar-refractivity contribution < 1.29 is 0 Å². The Morgan fingerprint density at radius 3 is 2.94 bits per heavy atom. The minimum Gasteiger partial charge on any atom is -0.366 e. The molecule has 0 amide bonds. The van der Waals surface area contributed by atoms with Crippen LogP contribution < -0.4 is 5.32 Å². The van der Waals surface area contributed by atoms with Crippen molar-refractivity contribution in [3.05, 3.63) is 42.0 Å². The van der Waals surface area contributed by atoms with E-state index in [2.05, 4.69) is 27.4 Å². The van der Waals surface area contributed by atoms with Crippen molar-refractivity contribution in [1.82, 2.24) is 24.4 Å². The molecule has 0 bridgehead atoms. The molecule has 3 aromatic rings. The van der Waals surface area contributed by atoms with Crippen LogP contribution in [0.5, 0.6) is 0 Å². The molecule has 0 saturated carbocycles. The Bertz CT molecular complexity index is 681. The van der Waals surface area contributed by atoms with Gasteiger partial charge in [0.2, 0.25) is 0 Å². The summed E-state index contributed by atoms with van der Waals surface area (Å²) in [5.74, 6) is 0.839. The summed E-state index contributed by atoms with van der Waals surface area (Å²) in [6.07, 6.45) is 5.50. The zero-order chi connectivity index (χ0) is 12.5. The number of nitrogens with zero attached hydrogens (tertiary/aromatic N) is 5. The van der Waals surface area contributed by atoms with Gasteiger partial charge in [0.05, 0.1) is 12.4 Å². The lowest BCUT2D eigenvalue weighted by molar-refractivity contribution is 0.738. The van der Waals surface area contributed by atoms with E-state index in [9.17, 15) is 0 Å². The predicted molar refractivity (Wildman–Crippen MR) is 68.3 cm³/mol. The maximum atomic E-state index is 4.45. The Hall–Kier alpha value is -2.37. The molecule has 6 heteroatoms. The van der Waals surface area contributed by atoms with Crippen LogP contribution in [0, 0.1) is 6.92 Å². The minimum absolute atomic E-state index is 0.719. The van der Waals surface area contributed by atoms with Gasteiger partial charge < -0.3 is 5.32 Å². The first-order valence-corrected chi connectivity index (χ1v) is 5.76. The second-order valence-corrected chi connectivity index (χ2v) is 4.18. The van der Waals surface area contributed by atoms with Gasteiger partial charge in [-0.1, -0.05) is 0 Å². The van der Waals surface area contributed by atoms with Gasteiger partial charge in [-0.2, -0.15) is 10.2 Å². The van der Waals surface area contributed by atoms with Gasteiger partial charge in [0.15, 0.2) is 5.65 Å². The van der Waals surface area contributed by atoms with Crippen LogP contribution in [-0.2, 0) is 13.6 Å². The van der Waals surface area contributed by atoms with Crippen LogP contribution in [-0.4, -0.2) is 24.4 Å². The lowest BCUT2D eigenvalue weighted by atomic mass is 10.2. The van der Waals surface area contributed by atoms with Crippen LogP contribution in [0.1, 0.15) is 11.3 Å². The summed E-state index contributed by atoms with van der Waals surface area (Å²) in [6.45, 7) is 2.77. The maximum Gasteiger partial charge on any atom is 0.157 e. The number of aryl methyl sites for hydroxylation is 1. The van der Waals surface area contributed by atoms with E-state index in [1.165, 1.54) is 5.56 Å². The number of aromatic nitrogens is 5. The number of nitrogens with one attached hydrogen (secondary N) is 1. The fraction of sp³-hybridized carbons (Fsp3) is 0.250. The maximum absolute atomic E-state index is 4.45. The monoisotopic (exact) mass is 242 g/mol. The van der Waals surface area contributed by atoms with Crippen molar-refractivity contribution in [1.29, 1.82) is 0 Å². The summed E-state index contributed by atoms with van der Waals surface area (Å²) in [5.41, 5.74) is 3.17. The largest absolute Gasteiger partial charge is 0.366 e. The fourth-order valence-corrected chi connectivity index (χ4v) is 1.81. The van der Waals surface area contributed by atoms with Gasteiger partial charge in [0.25, 0.3) is 0 Å². The molecule has 0 radical (unpaired) electrons. The average Bonchev–Trinajstić information content (AvgIpc) is 2.96. The number of hydrogen-bond donors (Lipinski definition) is 1. The lowest BCUT2D eigenvalue weighted by Gasteiger charge is -2.05. The summed E-state index contributed by atoms with van der Waals surface area (Å²) >= 11 is 0. The Morgan fingerprint density at radius 1 is 1.28 bits per heavy atom. The van der Waals surface area contributed by atoms with E-state index < -0.39 is 0 Å². The Labute approximate surface area is 104 Å². The Morgan fingerprint density at radius 2 is 2.17 bits per heavy atom. The second-order valence-electron chi connectivity index (χ2n) is 4.18. The fourth-order valence-electron chi connectivity index (χ4n) is 1.81. The number of anilines is 1. The van der Waals surface area contributed by atoms with Gasteiger partial charge in [-0.05, 0) is 13.0 Å².